The van der Waals surface area contributed by atoms with Crippen LogP contribution in [0.2, 0.25) is 0 Å². The molecule has 0 spiro atoms. The zero-order valence-corrected chi connectivity index (χ0v) is 15.4. The Bertz CT molecular complexity index is 731. The molecule has 1 aliphatic rings. The van der Waals surface area contributed by atoms with Crippen LogP contribution in [0.4, 0.5) is 5.82 Å². The van der Waals surface area contributed by atoms with Gasteiger partial charge in [-0.2, -0.15) is 0 Å². The second kappa shape index (κ2) is 7.93. The van der Waals surface area contributed by atoms with Gasteiger partial charge in [0.05, 0.1) is 11.1 Å². The van der Waals surface area contributed by atoms with E-state index in [1.54, 1.807) is 11.6 Å². The minimum atomic E-state index is -0.317. The minimum absolute atomic E-state index is 0.170. The third kappa shape index (κ3) is 4.35. The molecule has 0 aliphatic carbocycles. The fourth-order valence-electron chi connectivity index (χ4n) is 2.92. The molecule has 2 aromatic rings. The number of nitrogens with one attached hydrogen (secondary N) is 1. The molecule has 1 atom stereocenters. The first-order chi connectivity index (χ1) is 12.0. The quantitative estimate of drug-likeness (QED) is 0.857. The van der Waals surface area contributed by atoms with E-state index in [9.17, 15) is 9.90 Å². The van der Waals surface area contributed by atoms with Gasteiger partial charge in [0, 0.05) is 42.7 Å². The normalized spacial score (nSPS) is 17.8. The molecule has 1 unspecified atom stereocenters. The third-order valence-corrected chi connectivity index (χ3v) is 5.40. The first kappa shape index (κ1) is 17.8. The average molecular weight is 360 g/mol. The molecular formula is C18H24N4O2S. The summed E-state index contributed by atoms with van der Waals surface area (Å²) in [6.45, 7) is 5.98. The molecule has 3 heterocycles. The summed E-state index contributed by atoms with van der Waals surface area (Å²) in [5.74, 6) is 0.987. The molecule has 1 fully saturated rings. The number of amides is 1. The molecule has 0 aromatic carbocycles. The highest BCUT2D eigenvalue weighted by Crippen LogP contribution is 2.22. The molecule has 1 aliphatic heterocycles. The van der Waals surface area contributed by atoms with Crippen LogP contribution in [-0.2, 0) is 6.54 Å². The van der Waals surface area contributed by atoms with E-state index in [4.69, 9.17) is 0 Å². The van der Waals surface area contributed by atoms with Crippen molar-refractivity contribution in [2.24, 2.45) is 0 Å². The molecule has 134 valence electrons. The number of pyridine rings is 1. The van der Waals surface area contributed by atoms with E-state index in [2.05, 4.69) is 34.0 Å². The number of rotatable bonds is 5. The lowest BCUT2D eigenvalue weighted by molar-refractivity contribution is 0.0946. The molecule has 3 rings (SSSR count). The first-order valence-corrected chi connectivity index (χ1v) is 9.53. The number of anilines is 1. The van der Waals surface area contributed by atoms with Gasteiger partial charge in [-0.15, -0.1) is 11.3 Å². The predicted octanol–water partition coefficient (Wildman–Crippen LogP) is 2.55. The van der Waals surface area contributed by atoms with Crippen LogP contribution in [0.25, 0.3) is 0 Å². The number of hydrogen-bond donors (Lipinski definition) is 2. The van der Waals surface area contributed by atoms with Crippen LogP contribution in [-0.4, -0.2) is 40.2 Å². The Labute approximate surface area is 151 Å². The summed E-state index contributed by atoms with van der Waals surface area (Å²) in [7, 11) is 0. The fourth-order valence-corrected chi connectivity index (χ4v) is 3.74. The van der Waals surface area contributed by atoms with Gasteiger partial charge in [-0.3, -0.25) is 4.79 Å². The molecule has 7 heteroatoms. The van der Waals surface area contributed by atoms with Crippen molar-refractivity contribution >= 4 is 23.1 Å². The summed E-state index contributed by atoms with van der Waals surface area (Å²) >= 11 is 1.51. The first-order valence-electron chi connectivity index (χ1n) is 8.65. The van der Waals surface area contributed by atoms with E-state index in [0.29, 0.717) is 24.7 Å². The average Bonchev–Trinajstić information content (AvgIpc) is 3.10. The molecule has 25 heavy (non-hydrogen) atoms. The van der Waals surface area contributed by atoms with Crippen LogP contribution in [0, 0.1) is 0 Å². The minimum Gasteiger partial charge on any atom is -0.391 e. The standard InChI is InChI=1S/C18H24N4O2S/c1-12(2)18-21-15(11-25-18)17(24)20-9-13-5-3-7-19-16(13)22-8-4-6-14(23)10-22/h3,5,7,11-12,14,23H,4,6,8-10H2,1-2H3,(H,20,24). The topological polar surface area (TPSA) is 78.4 Å². The van der Waals surface area contributed by atoms with E-state index in [1.807, 2.05) is 12.1 Å². The van der Waals surface area contributed by atoms with Gasteiger partial charge < -0.3 is 15.3 Å². The molecule has 1 saturated heterocycles. The van der Waals surface area contributed by atoms with Crippen molar-refractivity contribution in [3.8, 4) is 0 Å². The Hall–Kier alpha value is -1.99. The maximum atomic E-state index is 12.4. The number of thiazole rings is 1. The number of β-amino-alcohol motifs (C(OH)–C–C–N with tert-alkyl or cyclic N) is 1. The Morgan fingerprint density at radius 1 is 1.52 bits per heavy atom. The highest BCUT2D eigenvalue weighted by Gasteiger charge is 2.21. The SMILES string of the molecule is CC(C)c1nc(C(=O)NCc2cccnc2N2CCCC(O)C2)cs1. The second-order valence-electron chi connectivity index (χ2n) is 6.64. The summed E-state index contributed by atoms with van der Waals surface area (Å²) in [4.78, 5) is 23.3. The van der Waals surface area contributed by atoms with Crippen LogP contribution >= 0.6 is 11.3 Å². The van der Waals surface area contributed by atoms with Crippen LogP contribution < -0.4 is 10.2 Å². The second-order valence-corrected chi connectivity index (χ2v) is 7.53. The zero-order chi connectivity index (χ0) is 17.8. The van der Waals surface area contributed by atoms with Gasteiger partial charge in [-0.1, -0.05) is 19.9 Å². The monoisotopic (exact) mass is 360 g/mol. The van der Waals surface area contributed by atoms with E-state index in [0.717, 1.165) is 35.8 Å². The number of aliphatic hydroxyl groups excluding tert-OH is 1. The lowest BCUT2D eigenvalue weighted by Crippen LogP contribution is -2.39. The van der Waals surface area contributed by atoms with Crippen LogP contribution in [0.3, 0.4) is 0 Å². The maximum Gasteiger partial charge on any atom is 0.271 e. The van der Waals surface area contributed by atoms with Crippen molar-refractivity contribution in [1.29, 1.82) is 0 Å². The van der Waals surface area contributed by atoms with Gasteiger partial charge in [0.1, 0.15) is 11.5 Å². The Balaban J connectivity index is 1.67. The van der Waals surface area contributed by atoms with Gasteiger partial charge in [0.2, 0.25) is 0 Å². The number of piperidine rings is 1. The molecule has 2 aromatic heterocycles. The summed E-state index contributed by atoms with van der Waals surface area (Å²) in [5.41, 5.74) is 1.41. The number of carbonyl (C=O) groups excluding carboxylic acids is 1. The number of nitrogens with zero attached hydrogens (tertiary/aromatic N) is 3. The van der Waals surface area contributed by atoms with E-state index < -0.39 is 0 Å². The van der Waals surface area contributed by atoms with Crippen molar-refractivity contribution in [2.75, 3.05) is 18.0 Å². The molecule has 0 bridgehead atoms. The molecule has 6 nitrogen and oxygen atoms in total. The highest BCUT2D eigenvalue weighted by molar-refractivity contribution is 7.09. The van der Waals surface area contributed by atoms with Gasteiger partial charge in [-0.25, -0.2) is 9.97 Å². The zero-order valence-electron chi connectivity index (χ0n) is 14.6. The van der Waals surface area contributed by atoms with Gasteiger partial charge in [0.25, 0.3) is 5.91 Å². The van der Waals surface area contributed by atoms with Crippen LogP contribution in [0.5, 0.6) is 0 Å². The van der Waals surface area contributed by atoms with Crippen molar-refractivity contribution in [1.82, 2.24) is 15.3 Å². The van der Waals surface area contributed by atoms with Crippen molar-refractivity contribution in [3.05, 3.63) is 40.0 Å². The summed E-state index contributed by atoms with van der Waals surface area (Å²) in [6.07, 6.45) is 3.21. The van der Waals surface area contributed by atoms with Gasteiger partial charge in [-0.05, 0) is 18.9 Å². The fraction of sp³-hybridized carbons (Fsp3) is 0.500. The molecule has 1 amide bonds. The molecular weight excluding hydrogens is 336 g/mol. The van der Waals surface area contributed by atoms with E-state index in [-0.39, 0.29) is 12.0 Å². The van der Waals surface area contributed by atoms with Crippen LogP contribution in [0.1, 0.15) is 53.7 Å². The number of carbonyl (C=O) groups is 1. The molecule has 0 radical (unpaired) electrons. The number of hydrogen-bond acceptors (Lipinski definition) is 6. The lowest BCUT2D eigenvalue weighted by Gasteiger charge is -2.32. The summed E-state index contributed by atoms with van der Waals surface area (Å²) in [5, 5.41) is 15.6. The predicted molar refractivity (Wildman–Crippen MR) is 99.1 cm³/mol. The van der Waals surface area contributed by atoms with Gasteiger partial charge >= 0.3 is 0 Å². The largest absolute Gasteiger partial charge is 0.391 e. The Kier molecular flexibility index (Phi) is 5.65. The Morgan fingerprint density at radius 3 is 3.08 bits per heavy atom. The summed E-state index contributed by atoms with van der Waals surface area (Å²) in [6, 6.07) is 3.83. The summed E-state index contributed by atoms with van der Waals surface area (Å²) < 4.78 is 0. The third-order valence-electron chi connectivity index (χ3n) is 4.25. The van der Waals surface area contributed by atoms with E-state index >= 15 is 0 Å². The molecule has 2 N–H and O–H groups in total. The van der Waals surface area contributed by atoms with Crippen molar-refractivity contribution in [3.63, 3.8) is 0 Å². The smallest absolute Gasteiger partial charge is 0.271 e. The van der Waals surface area contributed by atoms with Gasteiger partial charge in [0.15, 0.2) is 0 Å². The number of aliphatic hydroxyl groups is 1. The molecule has 0 saturated carbocycles. The van der Waals surface area contributed by atoms with E-state index in [1.165, 1.54) is 11.3 Å². The lowest BCUT2D eigenvalue weighted by atomic mass is 10.1. The number of aromatic nitrogens is 2. The Morgan fingerprint density at radius 2 is 2.36 bits per heavy atom. The van der Waals surface area contributed by atoms with Crippen molar-refractivity contribution in [2.45, 2.75) is 45.3 Å². The highest BCUT2D eigenvalue weighted by atomic mass is 32.1. The maximum absolute atomic E-state index is 12.4. The van der Waals surface area contributed by atoms with Crippen LogP contribution in [0.15, 0.2) is 23.7 Å². The van der Waals surface area contributed by atoms with Crippen molar-refractivity contribution < 1.29 is 9.90 Å².